The molecule has 1 fully saturated rings. The molecule has 2 aromatic carbocycles. The lowest BCUT2D eigenvalue weighted by atomic mass is 9.79. The maximum absolute atomic E-state index is 13.9. The molecule has 1 aliphatic carbocycles. The molecule has 0 unspecified atom stereocenters. The van der Waals surface area contributed by atoms with Gasteiger partial charge in [-0.25, -0.2) is 4.39 Å². The lowest BCUT2D eigenvalue weighted by Crippen LogP contribution is -2.52. The van der Waals surface area contributed by atoms with E-state index in [4.69, 9.17) is 5.73 Å². The molecule has 0 amide bonds. The van der Waals surface area contributed by atoms with Gasteiger partial charge in [-0.05, 0) is 62.8 Å². The number of nitrogens with one attached hydrogen (secondary N) is 1. The van der Waals surface area contributed by atoms with Crippen LogP contribution in [0.2, 0.25) is 0 Å². The third kappa shape index (κ3) is 4.65. The normalized spacial score (nSPS) is 18.1. The molecule has 3 nitrogen and oxygen atoms in total. The van der Waals surface area contributed by atoms with Crippen molar-refractivity contribution in [2.45, 2.75) is 56.7 Å². The van der Waals surface area contributed by atoms with Gasteiger partial charge in [0.05, 0.1) is 5.69 Å². The van der Waals surface area contributed by atoms with Crippen molar-refractivity contribution in [3.05, 3.63) is 65.5 Å². The number of anilines is 1. The van der Waals surface area contributed by atoms with Gasteiger partial charge < -0.3 is 10.3 Å². The van der Waals surface area contributed by atoms with Gasteiger partial charge in [0.25, 0.3) is 0 Å². The molecule has 1 saturated carbocycles. The van der Waals surface area contributed by atoms with Gasteiger partial charge >= 0.3 is 0 Å². The number of nitrogen functional groups attached to an aromatic ring is 1. The molecule has 0 bridgehead atoms. The second-order valence-electron chi connectivity index (χ2n) is 8.47. The Kier molecular flexibility index (Phi) is 5.84. The van der Waals surface area contributed by atoms with E-state index in [-0.39, 0.29) is 5.69 Å². The van der Waals surface area contributed by atoms with Gasteiger partial charge in [0.1, 0.15) is 16.1 Å². The van der Waals surface area contributed by atoms with E-state index in [1.165, 1.54) is 18.9 Å². The molecule has 0 aliphatic heterocycles. The Morgan fingerprint density at radius 2 is 1.78 bits per heavy atom. The highest BCUT2D eigenvalue weighted by atomic mass is 32.2. The molecule has 1 aliphatic rings. The Morgan fingerprint density at radius 1 is 1.11 bits per heavy atom. The van der Waals surface area contributed by atoms with Crippen molar-refractivity contribution in [2.75, 3.05) is 5.73 Å². The quantitative estimate of drug-likeness (QED) is 0.524. The highest BCUT2D eigenvalue weighted by Gasteiger charge is 2.43. The Morgan fingerprint density at radius 3 is 2.33 bits per heavy atom. The maximum Gasteiger partial charge on any atom is 0.146 e. The van der Waals surface area contributed by atoms with Crippen molar-refractivity contribution < 1.29 is 8.94 Å². The zero-order valence-corrected chi connectivity index (χ0v) is 17.1. The standard InChI is InChI=1S/C22H29FN2OS/c1-21(2,3)27(26)25-22(14-13-16-9-10-16,17-7-5-4-6-8-17)18-11-12-19(23)20(24)15-18/h4-8,11-12,15-16,25H,9-10,13-14,24H2,1-3H3/t22-,27-/m0/s1. The highest BCUT2D eigenvalue weighted by Crippen LogP contribution is 2.42. The Bertz CT molecular complexity index is 774. The van der Waals surface area contributed by atoms with E-state index in [1.54, 1.807) is 12.1 Å². The van der Waals surface area contributed by atoms with Crippen molar-refractivity contribution >= 4 is 17.0 Å². The molecule has 146 valence electrons. The van der Waals surface area contributed by atoms with Crippen LogP contribution in [0.4, 0.5) is 10.1 Å². The van der Waals surface area contributed by atoms with E-state index < -0.39 is 27.5 Å². The second kappa shape index (κ2) is 7.82. The summed E-state index contributed by atoms with van der Waals surface area (Å²) in [5, 5.41) is 0. The van der Waals surface area contributed by atoms with Crippen LogP contribution < -0.4 is 10.5 Å². The third-order valence-electron chi connectivity index (χ3n) is 5.20. The summed E-state index contributed by atoms with van der Waals surface area (Å²) < 4.78 is 30.0. The van der Waals surface area contributed by atoms with Crippen LogP contribution in [0.25, 0.3) is 0 Å². The number of halogens is 1. The summed E-state index contributed by atoms with van der Waals surface area (Å²) in [7, 11) is 0. The van der Waals surface area contributed by atoms with Gasteiger partial charge in [0.2, 0.25) is 0 Å². The third-order valence-corrected chi connectivity index (χ3v) is 6.85. The minimum Gasteiger partial charge on any atom is -0.598 e. The largest absolute Gasteiger partial charge is 0.598 e. The monoisotopic (exact) mass is 388 g/mol. The fourth-order valence-electron chi connectivity index (χ4n) is 3.29. The van der Waals surface area contributed by atoms with Gasteiger partial charge in [-0.3, -0.25) is 0 Å². The van der Waals surface area contributed by atoms with Crippen LogP contribution >= 0.6 is 0 Å². The molecule has 0 radical (unpaired) electrons. The first-order valence-corrected chi connectivity index (χ1v) is 10.7. The zero-order valence-electron chi connectivity index (χ0n) is 16.3. The predicted molar refractivity (Wildman–Crippen MR) is 111 cm³/mol. The van der Waals surface area contributed by atoms with Crippen molar-refractivity contribution in [2.24, 2.45) is 5.92 Å². The lowest BCUT2D eigenvalue weighted by Gasteiger charge is -2.39. The zero-order chi connectivity index (χ0) is 19.7. The van der Waals surface area contributed by atoms with Crippen molar-refractivity contribution in [3.8, 4) is 0 Å². The molecule has 3 rings (SSSR count). The first-order valence-electron chi connectivity index (χ1n) is 9.53. The minimum absolute atomic E-state index is 0.113. The molecular weight excluding hydrogens is 359 g/mol. The van der Waals surface area contributed by atoms with Crippen molar-refractivity contribution in [1.29, 1.82) is 0 Å². The van der Waals surface area contributed by atoms with Crippen LogP contribution in [-0.2, 0) is 16.9 Å². The molecule has 0 aromatic heterocycles. The van der Waals surface area contributed by atoms with Gasteiger partial charge in [-0.15, -0.1) is 4.72 Å². The summed E-state index contributed by atoms with van der Waals surface area (Å²) in [6.45, 7) is 5.85. The second-order valence-corrected chi connectivity index (χ2v) is 10.4. The number of nitrogens with two attached hydrogens (primary N) is 1. The Hall–Kier alpha value is -1.56. The molecule has 27 heavy (non-hydrogen) atoms. The highest BCUT2D eigenvalue weighted by molar-refractivity contribution is 7.90. The van der Waals surface area contributed by atoms with Crippen LogP contribution in [-0.4, -0.2) is 9.30 Å². The molecule has 5 heteroatoms. The van der Waals surface area contributed by atoms with Crippen LogP contribution in [0.1, 0.15) is 57.6 Å². The molecule has 3 N–H and O–H groups in total. The molecule has 0 spiro atoms. The van der Waals surface area contributed by atoms with E-state index in [2.05, 4.69) is 4.72 Å². The van der Waals surface area contributed by atoms with Crippen LogP contribution in [0.3, 0.4) is 0 Å². The van der Waals surface area contributed by atoms with Gasteiger partial charge in [-0.1, -0.05) is 49.2 Å². The molecular formula is C22H29FN2OS. The number of hydrogen-bond acceptors (Lipinski definition) is 3. The topological polar surface area (TPSA) is 61.1 Å². The summed E-state index contributed by atoms with van der Waals surface area (Å²) in [5.74, 6) is 0.288. The van der Waals surface area contributed by atoms with Gasteiger partial charge in [0.15, 0.2) is 0 Å². The SMILES string of the molecule is CC(C)(C)[S@+]([O-])N[C@@](CCC1CC1)(c1ccccc1)c1ccc(F)c(N)c1. The van der Waals surface area contributed by atoms with E-state index >= 15 is 0 Å². The minimum atomic E-state index is -1.30. The van der Waals surface area contributed by atoms with E-state index in [9.17, 15) is 8.94 Å². The Labute approximate surface area is 164 Å². The Balaban J connectivity index is 2.11. The lowest BCUT2D eigenvalue weighted by molar-refractivity contribution is 0.401. The molecule has 0 heterocycles. The smallest absolute Gasteiger partial charge is 0.146 e. The maximum atomic E-state index is 13.9. The van der Waals surface area contributed by atoms with Crippen LogP contribution in [0.5, 0.6) is 0 Å². The fourth-order valence-corrected chi connectivity index (χ4v) is 4.26. The summed E-state index contributed by atoms with van der Waals surface area (Å²) in [4.78, 5) is 0. The van der Waals surface area contributed by atoms with Crippen LogP contribution in [0.15, 0.2) is 48.5 Å². The van der Waals surface area contributed by atoms with Crippen molar-refractivity contribution in [3.63, 3.8) is 0 Å². The fraction of sp³-hybridized carbons (Fsp3) is 0.455. The van der Waals surface area contributed by atoms with E-state index in [0.717, 1.165) is 29.9 Å². The van der Waals surface area contributed by atoms with Crippen LogP contribution in [0, 0.1) is 11.7 Å². The number of rotatable bonds is 7. The van der Waals surface area contributed by atoms with Gasteiger partial charge in [0, 0.05) is 11.4 Å². The van der Waals surface area contributed by atoms with Gasteiger partial charge in [-0.2, -0.15) is 0 Å². The summed E-state index contributed by atoms with van der Waals surface area (Å²) in [6.07, 6.45) is 4.31. The summed E-state index contributed by atoms with van der Waals surface area (Å²) >= 11 is -1.30. The number of benzene rings is 2. The molecule has 2 atom stereocenters. The first kappa shape index (κ1) is 20.2. The molecule has 2 aromatic rings. The van der Waals surface area contributed by atoms with E-state index in [0.29, 0.717) is 0 Å². The molecule has 0 saturated heterocycles. The average Bonchev–Trinajstić information content (AvgIpc) is 3.45. The predicted octanol–water partition coefficient (Wildman–Crippen LogP) is 4.89. The van der Waals surface area contributed by atoms with E-state index in [1.807, 2.05) is 51.1 Å². The first-order chi connectivity index (χ1) is 12.7. The summed E-state index contributed by atoms with van der Waals surface area (Å²) in [5.41, 5.74) is 7.21. The average molecular weight is 389 g/mol. The summed E-state index contributed by atoms with van der Waals surface area (Å²) in [6, 6.07) is 14.9. The van der Waals surface area contributed by atoms with Crippen molar-refractivity contribution in [1.82, 2.24) is 4.72 Å². The number of hydrogen-bond donors (Lipinski definition) is 2.